The van der Waals surface area contributed by atoms with Gasteiger partial charge in [0.1, 0.15) is 0 Å². The molecule has 0 aliphatic carbocycles. The number of hydrogen-bond acceptors (Lipinski definition) is 5. The van der Waals surface area contributed by atoms with E-state index < -0.39 is 10.0 Å². The Balaban J connectivity index is 2.25. The van der Waals surface area contributed by atoms with Gasteiger partial charge in [0.2, 0.25) is 10.0 Å². The smallest absolute Gasteiger partial charge is 0.257 e. The van der Waals surface area contributed by atoms with Crippen LogP contribution in [0.1, 0.15) is 19.7 Å². The van der Waals surface area contributed by atoms with Crippen molar-refractivity contribution in [3.8, 4) is 11.5 Å². The van der Waals surface area contributed by atoms with E-state index in [-0.39, 0.29) is 4.90 Å². The molecule has 0 fully saturated rings. The predicted octanol–water partition coefficient (Wildman–Crippen LogP) is 1.58. The molecule has 7 heteroatoms. The van der Waals surface area contributed by atoms with E-state index in [9.17, 15) is 8.42 Å². The highest BCUT2D eigenvalue weighted by molar-refractivity contribution is 7.89. The fourth-order valence-electron chi connectivity index (χ4n) is 1.61. The Bertz CT molecular complexity index is 660. The van der Waals surface area contributed by atoms with E-state index in [1.165, 1.54) is 12.1 Å². The van der Waals surface area contributed by atoms with Crippen molar-refractivity contribution in [3.05, 3.63) is 30.1 Å². The van der Waals surface area contributed by atoms with E-state index in [1.54, 1.807) is 12.1 Å². The number of aromatic nitrogens is 2. The van der Waals surface area contributed by atoms with Crippen LogP contribution in [0, 0.1) is 5.92 Å². The third-order valence-electron chi connectivity index (χ3n) is 2.49. The van der Waals surface area contributed by atoms with Crippen molar-refractivity contribution in [1.29, 1.82) is 0 Å². The third kappa shape index (κ3) is 3.39. The van der Waals surface area contributed by atoms with E-state index in [0.29, 0.717) is 23.2 Å². The molecule has 2 aromatic rings. The van der Waals surface area contributed by atoms with Crippen LogP contribution in [0.2, 0.25) is 0 Å². The molecule has 6 nitrogen and oxygen atoms in total. The summed E-state index contributed by atoms with van der Waals surface area (Å²) in [5.41, 5.74) is 0.662. The molecule has 0 saturated carbocycles. The molecule has 1 aromatic heterocycles. The number of nitrogens with zero attached hydrogens (tertiary/aromatic N) is 2. The van der Waals surface area contributed by atoms with Gasteiger partial charge in [-0.3, -0.25) is 0 Å². The monoisotopic (exact) mass is 281 g/mol. The first-order chi connectivity index (χ1) is 8.86. The molecule has 0 bridgehead atoms. The molecule has 19 heavy (non-hydrogen) atoms. The number of hydrogen-bond donors (Lipinski definition) is 1. The first-order valence-electron chi connectivity index (χ1n) is 5.82. The minimum atomic E-state index is -3.68. The van der Waals surface area contributed by atoms with Crippen molar-refractivity contribution in [2.45, 2.75) is 25.2 Å². The van der Waals surface area contributed by atoms with Gasteiger partial charge in [0.15, 0.2) is 5.82 Å². The van der Waals surface area contributed by atoms with Crippen molar-refractivity contribution in [3.63, 3.8) is 0 Å². The fraction of sp³-hybridized carbons (Fsp3) is 0.333. The van der Waals surface area contributed by atoms with Crippen LogP contribution in [-0.2, 0) is 16.4 Å². The lowest BCUT2D eigenvalue weighted by molar-refractivity contribution is 0.418. The van der Waals surface area contributed by atoms with Crippen molar-refractivity contribution in [2.24, 2.45) is 11.1 Å². The Morgan fingerprint density at radius 2 is 1.89 bits per heavy atom. The van der Waals surface area contributed by atoms with Crippen LogP contribution in [-0.4, -0.2) is 18.6 Å². The van der Waals surface area contributed by atoms with Gasteiger partial charge in [-0.05, 0) is 30.2 Å². The summed E-state index contributed by atoms with van der Waals surface area (Å²) >= 11 is 0. The average Bonchev–Trinajstić information content (AvgIpc) is 2.75. The molecule has 0 atom stereocenters. The highest BCUT2D eigenvalue weighted by atomic mass is 32.2. The lowest BCUT2D eigenvalue weighted by Gasteiger charge is -1.98. The number of benzene rings is 1. The Morgan fingerprint density at radius 1 is 1.26 bits per heavy atom. The topological polar surface area (TPSA) is 99.1 Å². The van der Waals surface area contributed by atoms with E-state index in [0.717, 1.165) is 6.42 Å². The highest BCUT2D eigenvalue weighted by Crippen LogP contribution is 2.19. The second-order valence-electron chi connectivity index (χ2n) is 4.68. The maximum atomic E-state index is 11.1. The summed E-state index contributed by atoms with van der Waals surface area (Å²) in [5.74, 6) is 1.45. The summed E-state index contributed by atoms with van der Waals surface area (Å²) in [7, 11) is -3.68. The lowest BCUT2D eigenvalue weighted by Crippen LogP contribution is -2.11. The molecule has 0 radical (unpaired) electrons. The number of nitrogens with two attached hydrogens (primary N) is 1. The van der Waals surface area contributed by atoms with Gasteiger partial charge < -0.3 is 4.52 Å². The molecular weight excluding hydrogens is 266 g/mol. The van der Waals surface area contributed by atoms with Crippen LogP contribution >= 0.6 is 0 Å². The van der Waals surface area contributed by atoms with Gasteiger partial charge in [-0.25, -0.2) is 13.6 Å². The van der Waals surface area contributed by atoms with Crippen LogP contribution in [0.25, 0.3) is 11.5 Å². The van der Waals surface area contributed by atoms with Crippen LogP contribution in [0.3, 0.4) is 0 Å². The molecule has 1 aromatic carbocycles. The first-order valence-corrected chi connectivity index (χ1v) is 7.36. The summed E-state index contributed by atoms with van der Waals surface area (Å²) in [5, 5.41) is 8.90. The minimum Gasteiger partial charge on any atom is -0.334 e. The zero-order chi connectivity index (χ0) is 14.0. The number of primary sulfonamides is 1. The van der Waals surface area contributed by atoms with Crippen LogP contribution in [0.4, 0.5) is 0 Å². The summed E-state index contributed by atoms with van der Waals surface area (Å²) < 4.78 is 27.4. The summed E-state index contributed by atoms with van der Waals surface area (Å²) in [6.07, 6.45) is 0.735. The Labute approximate surface area is 111 Å². The summed E-state index contributed by atoms with van der Waals surface area (Å²) in [6, 6.07) is 6.01. The zero-order valence-electron chi connectivity index (χ0n) is 10.7. The molecular formula is C12H15N3O3S. The molecule has 0 unspecified atom stereocenters. The molecule has 0 spiro atoms. The number of sulfonamides is 1. The molecule has 0 amide bonds. The first kappa shape index (κ1) is 13.7. The van der Waals surface area contributed by atoms with Gasteiger partial charge >= 0.3 is 0 Å². The second kappa shape index (κ2) is 5.10. The standard InChI is InChI=1S/C12H15N3O3S/c1-8(2)7-11-14-12(18-15-11)9-3-5-10(6-4-9)19(13,16)17/h3-6,8H,7H2,1-2H3,(H2,13,16,17). The predicted molar refractivity (Wildman–Crippen MR) is 69.6 cm³/mol. The molecule has 2 rings (SSSR count). The summed E-state index contributed by atoms with van der Waals surface area (Å²) in [4.78, 5) is 4.31. The second-order valence-corrected chi connectivity index (χ2v) is 6.24. The maximum Gasteiger partial charge on any atom is 0.257 e. The SMILES string of the molecule is CC(C)Cc1noc(-c2ccc(S(N)(=O)=O)cc2)n1. The Kier molecular flexibility index (Phi) is 3.68. The number of rotatable bonds is 4. The van der Waals surface area contributed by atoms with E-state index in [4.69, 9.17) is 9.66 Å². The average molecular weight is 281 g/mol. The van der Waals surface area contributed by atoms with Gasteiger partial charge in [0, 0.05) is 12.0 Å². The minimum absolute atomic E-state index is 0.0539. The van der Waals surface area contributed by atoms with Gasteiger partial charge in [0.25, 0.3) is 5.89 Å². The lowest BCUT2D eigenvalue weighted by atomic mass is 10.1. The third-order valence-corrected chi connectivity index (χ3v) is 3.42. The quantitative estimate of drug-likeness (QED) is 0.917. The van der Waals surface area contributed by atoms with Gasteiger partial charge in [0.05, 0.1) is 4.90 Å². The molecule has 102 valence electrons. The van der Waals surface area contributed by atoms with Crippen LogP contribution in [0.15, 0.2) is 33.7 Å². The van der Waals surface area contributed by atoms with E-state index in [2.05, 4.69) is 24.0 Å². The van der Waals surface area contributed by atoms with E-state index in [1.807, 2.05) is 0 Å². The maximum absolute atomic E-state index is 11.1. The van der Waals surface area contributed by atoms with Gasteiger partial charge in [-0.2, -0.15) is 4.98 Å². The van der Waals surface area contributed by atoms with Crippen molar-refractivity contribution < 1.29 is 12.9 Å². The largest absolute Gasteiger partial charge is 0.334 e. The highest BCUT2D eigenvalue weighted by Gasteiger charge is 2.12. The van der Waals surface area contributed by atoms with Gasteiger partial charge in [-0.15, -0.1) is 0 Å². The van der Waals surface area contributed by atoms with Crippen molar-refractivity contribution >= 4 is 10.0 Å². The van der Waals surface area contributed by atoms with Crippen LogP contribution < -0.4 is 5.14 Å². The normalized spacial score (nSPS) is 12.0. The van der Waals surface area contributed by atoms with E-state index >= 15 is 0 Å². The van der Waals surface area contributed by atoms with Crippen molar-refractivity contribution in [2.75, 3.05) is 0 Å². The molecule has 0 saturated heterocycles. The van der Waals surface area contributed by atoms with Crippen LogP contribution in [0.5, 0.6) is 0 Å². The summed E-state index contributed by atoms with van der Waals surface area (Å²) in [6.45, 7) is 4.13. The molecule has 2 N–H and O–H groups in total. The van der Waals surface area contributed by atoms with Gasteiger partial charge in [-0.1, -0.05) is 19.0 Å². The Hall–Kier alpha value is -1.73. The van der Waals surface area contributed by atoms with Crippen molar-refractivity contribution in [1.82, 2.24) is 10.1 Å². The molecule has 0 aliphatic rings. The fourth-order valence-corrected chi connectivity index (χ4v) is 2.12. The molecule has 1 heterocycles. The molecule has 0 aliphatic heterocycles. The Morgan fingerprint density at radius 3 is 2.42 bits per heavy atom. The zero-order valence-corrected chi connectivity index (χ0v) is 11.5.